The third-order valence-electron chi connectivity index (χ3n) is 5.50. The van der Waals surface area contributed by atoms with Crippen LogP contribution in [0.2, 0.25) is 18.1 Å². The van der Waals surface area contributed by atoms with Gasteiger partial charge >= 0.3 is 0 Å². The van der Waals surface area contributed by atoms with Crippen LogP contribution in [-0.2, 0) is 0 Å². The molecule has 0 radical (unpaired) electrons. The molecule has 0 aliphatic carbocycles. The van der Waals surface area contributed by atoms with Gasteiger partial charge in [0.25, 0.3) is 0 Å². The Labute approximate surface area is 180 Å². The van der Waals surface area contributed by atoms with Crippen molar-refractivity contribution in [2.45, 2.75) is 38.9 Å². The second kappa shape index (κ2) is 7.23. The quantitative estimate of drug-likeness (QED) is 0.346. The predicted octanol–water partition coefficient (Wildman–Crippen LogP) is 7.05. The van der Waals surface area contributed by atoms with Crippen LogP contribution >= 0.6 is 22.7 Å². The van der Waals surface area contributed by atoms with Crippen LogP contribution in [0.3, 0.4) is 0 Å². The minimum atomic E-state index is -1.85. The van der Waals surface area contributed by atoms with Gasteiger partial charge < -0.3 is 10.2 Å². The molecule has 0 amide bonds. The highest BCUT2D eigenvalue weighted by molar-refractivity contribution is 7.28. The van der Waals surface area contributed by atoms with Gasteiger partial charge in [0, 0.05) is 15.0 Å². The molecule has 0 saturated carbocycles. The molecule has 0 aliphatic heterocycles. The average molecular weight is 440 g/mol. The van der Waals surface area contributed by atoms with E-state index in [4.69, 9.17) is 15.1 Å². The molecule has 2 N–H and O–H groups in total. The van der Waals surface area contributed by atoms with Gasteiger partial charge in [0.15, 0.2) is 5.82 Å². The van der Waals surface area contributed by atoms with Gasteiger partial charge in [0.2, 0.25) is 8.32 Å². The molecule has 4 rings (SSSR count). The van der Waals surface area contributed by atoms with Crippen molar-refractivity contribution in [3.05, 3.63) is 48.0 Å². The summed E-state index contributed by atoms with van der Waals surface area (Å²) in [5.41, 5.74) is 8.70. The van der Waals surface area contributed by atoms with Crippen molar-refractivity contribution in [1.82, 2.24) is 9.97 Å². The summed E-state index contributed by atoms with van der Waals surface area (Å²) in [7, 11) is -1.85. The minimum Gasteiger partial charge on any atom is -0.544 e. The van der Waals surface area contributed by atoms with Crippen LogP contribution in [0.4, 0.5) is 5.82 Å². The maximum Gasteiger partial charge on any atom is 0.250 e. The van der Waals surface area contributed by atoms with E-state index in [1.165, 1.54) is 9.40 Å². The van der Waals surface area contributed by atoms with Crippen molar-refractivity contribution in [1.29, 1.82) is 0 Å². The number of benzene rings is 1. The minimum absolute atomic E-state index is 0.164. The summed E-state index contributed by atoms with van der Waals surface area (Å²) in [4.78, 5) is 10.3. The molecule has 0 bridgehead atoms. The highest BCUT2D eigenvalue weighted by atomic mass is 32.1. The molecule has 0 fully saturated rings. The fourth-order valence-electron chi connectivity index (χ4n) is 2.74. The highest BCUT2D eigenvalue weighted by Crippen LogP contribution is 2.39. The molecule has 4 nitrogen and oxygen atoms in total. The van der Waals surface area contributed by atoms with Gasteiger partial charge in [-0.3, -0.25) is 0 Å². The van der Waals surface area contributed by atoms with Crippen molar-refractivity contribution in [2.24, 2.45) is 0 Å². The Balaban J connectivity index is 1.63. The maximum atomic E-state index is 6.38. The van der Waals surface area contributed by atoms with E-state index in [1.807, 2.05) is 24.3 Å². The summed E-state index contributed by atoms with van der Waals surface area (Å²) in [5.74, 6) is 1.36. The van der Waals surface area contributed by atoms with Crippen LogP contribution in [0.5, 0.6) is 5.75 Å². The first-order valence-corrected chi connectivity index (χ1v) is 14.1. The number of thiophene rings is 2. The Morgan fingerprint density at radius 3 is 2.41 bits per heavy atom. The topological polar surface area (TPSA) is 61.0 Å². The molecular formula is C22H25N3OS2Si. The summed E-state index contributed by atoms with van der Waals surface area (Å²) in [5, 5.41) is 2.27. The third-order valence-corrected chi connectivity index (χ3v) is 12.0. The summed E-state index contributed by atoms with van der Waals surface area (Å²) in [6.45, 7) is 11.2. The van der Waals surface area contributed by atoms with Crippen LogP contribution < -0.4 is 10.2 Å². The standard InChI is InChI=1S/C22H25N3OS2Si/c1-22(2,3)29(4,5)26-15-8-6-14(7-9-15)16-13-24-21(23)20(25-16)19-12-18-17(28-19)10-11-27-18/h6-13H,1-5H3,(H2,23,24). The molecule has 150 valence electrons. The molecule has 3 heterocycles. The number of anilines is 1. The van der Waals surface area contributed by atoms with Crippen LogP contribution in [-0.4, -0.2) is 18.3 Å². The molecule has 0 spiro atoms. The number of hydrogen-bond acceptors (Lipinski definition) is 6. The van der Waals surface area contributed by atoms with Crippen molar-refractivity contribution >= 4 is 46.2 Å². The van der Waals surface area contributed by atoms with E-state index in [-0.39, 0.29) is 5.04 Å². The van der Waals surface area contributed by atoms with Crippen LogP contribution in [0, 0.1) is 0 Å². The van der Waals surface area contributed by atoms with Gasteiger partial charge in [-0.05, 0) is 59.9 Å². The molecule has 4 aromatic rings. The number of fused-ring (bicyclic) bond motifs is 1. The fourth-order valence-corrected chi connectivity index (χ4v) is 5.88. The summed E-state index contributed by atoms with van der Waals surface area (Å²) < 4.78 is 8.89. The van der Waals surface area contributed by atoms with E-state index in [2.05, 4.69) is 56.4 Å². The first-order valence-electron chi connectivity index (χ1n) is 9.53. The van der Waals surface area contributed by atoms with Crippen molar-refractivity contribution < 1.29 is 4.43 Å². The van der Waals surface area contributed by atoms with Gasteiger partial charge in [-0.15, -0.1) is 22.7 Å². The molecule has 0 atom stereocenters. The van der Waals surface area contributed by atoms with Gasteiger partial charge in [0.05, 0.1) is 16.8 Å². The van der Waals surface area contributed by atoms with E-state index in [1.54, 1.807) is 28.9 Å². The monoisotopic (exact) mass is 439 g/mol. The molecular weight excluding hydrogens is 414 g/mol. The summed E-state index contributed by atoms with van der Waals surface area (Å²) >= 11 is 3.43. The molecule has 29 heavy (non-hydrogen) atoms. The normalized spacial score (nSPS) is 12.4. The number of aromatic nitrogens is 2. The first-order chi connectivity index (χ1) is 13.6. The predicted molar refractivity (Wildman–Crippen MR) is 128 cm³/mol. The van der Waals surface area contributed by atoms with Gasteiger partial charge in [-0.2, -0.15) is 0 Å². The second-order valence-corrected chi connectivity index (χ2v) is 15.4. The Morgan fingerprint density at radius 1 is 1.03 bits per heavy atom. The zero-order valence-electron chi connectivity index (χ0n) is 17.3. The lowest BCUT2D eigenvalue weighted by Gasteiger charge is -2.36. The van der Waals surface area contributed by atoms with Gasteiger partial charge in [-0.25, -0.2) is 9.97 Å². The molecule has 0 aliphatic rings. The number of hydrogen-bond donors (Lipinski definition) is 1. The van der Waals surface area contributed by atoms with Crippen molar-refractivity contribution in [2.75, 3.05) is 5.73 Å². The molecule has 3 aromatic heterocycles. The lowest BCUT2D eigenvalue weighted by molar-refractivity contribution is 0.492. The largest absolute Gasteiger partial charge is 0.544 e. The number of nitrogen functional groups attached to an aromatic ring is 1. The van der Waals surface area contributed by atoms with Crippen molar-refractivity contribution in [3.8, 4) is 27.6 Å². The smallest absolute Gasteiger partial charge is 0.250 e. The Kier molecular flexibility index (Phi) is 5.00. The zero-order chi connectivity index (χ0) is 20.8. The van der Waals surface area contributed by atoms with Crippen LogP contribution in [0.25, 0.3) is 31.2 Å². The lowest BCUT2D eigenvalue weighted by Crippen LogP contribution is -2.43. The van der Waals surface area contributed by atoms with Gasteiger partial charge in [0.1, 0.15) is 11.4 Å². The number of nitrogens with zero attached hydrogens (tertiary/aromatic N) is 2. The number of rotatable bonds is 4. The van der Waals surface area contributed by atoms with Crippen LogP contribution in [0.1, 0.15) is 20.8 Å². The summed E-state index contributed by atoms with van der Waals surface area (Å²) in [6, 6.07) is 12.4. The fraction of sp³-hybridized carbons (Fsp3) is 0.273. The van der Waals surface area contributed by atoms with Crippen molar-refractivity contribution in [3.63, 3.8) is 0 Å². The third kappa shape index (κ3) is 3.95. The van der Waals surface area contributed by atoms with Crippen LogP contribution in [0.15, 0.2) is 48.0 Å². The molecule has 7 heteroatoms. The highest BCUT2D eigenvalue weighted by Gasteiger charge is 2.38. The Morgan fingerprint density at radius 2 is 1.76 bits per heavy atom. The molecule has 1 aromatic carbocycles. The van der Waals surface area contributed by atoms with E-state index < -0.39 is 8.32 Å². The molecule has 0 unspecified atom stereocenters. The first kappa shape index (κ1) is 20.1. The SMILES string of the molecule is CC(C)(C)[Si](C)(C)Oc1ccc(-c2cnc(N)c(-c3cc4sccc4s3)n2)cc1. The van der Waals surface area contributed by atoms with E-state index in [0.29, 0.717) is 5.82 Å². The van der Waals surface area contributed by atoms with E-state index >= 15 is 0 Å². The lowest BCUT2D eigenvalue weighted by atomic mass is 10.1. The second-order valence-electron chi connectivity index (χ2n) is 8.64. The Hall–Kier alpha value is -2.22. The average Bonchev–Trinajstić information content (AvgIpc) is 3.23. The maximum absolute atomic E-state index is 6.38. The molecule has 0 saturated heterocycles. The van der Waals surface area contributed by atoms with E-state index in [0.717, 1.165) is 27.6 Å². The van der Waals surface area contributed by atoms with E-state index in [9.17, 15) is 0 Å². The zero-order valence-corrected chi connectivity index (χ0v) is 19.9. The van der Waals surface area contributed by atoms with Gasteiger partial charge in [-0.1, -0.05) is 20.8 Å². The number of nitrogens with two attached hydrogens (primary N) is 1. The summed E-state index contributed by atoms with van der Waals surface area (Å²) in [6.07, 6.45) is 1.73. The Bertz CT molecular complexity index is 1130.